The van der Waals surface area contributed by atoms with Gasteiger partial charge < -0.3 is 14.5 Å². The molecule has 35 heavy (non-hydrogen) atoms. The summed E-state index contributed by atoms with van der Waals surface area (Å²) in [5, 5.41) is 0.688. The minimum absolute atomic E-state index is 0.0618. The third-order valence-corrected chi connectivity index (χ3v) is 7.85. The van der Waals surface area contributed by atoms with Crippen LogP contribution in [0.2, 0.25) is 0 Å². The van der Waals surface area contributed by atoms with Crippen molar-refractivity contribution >= 4 is 33.0 Å². The van der Waals surface area contributed by atoms with Crippen molar-refractivity contribution < 1.29 is 17.9 Å². The van der Waals surface area contributed by atoms with Crippen molar-refractivity contribution in [2.45, 2.75) is 71.0 Å². The minimum Gasteiger partial charge on any atom is -0.444 e. The van der Waals surface area contributed by atoms with Crippen LogP contribution in [-0.2, 0) is 14.8 Å². The van der Waals surface area contributed by atoms with Crippen LogP contribution in [-0.4, -0.2) is 64.1 Å². The van der Waals surface area contributed by atoms with Crippen LogP contribution in [0.4, 0.5) is 10.6 Å². The number of carbonyl (C=O) groups is 1. The molecule has 2 aromatic heterocycles. The number of ether oxygens (including phenoxy) is 1. The fourth-order valence-electron chi connectivity index (χ4n) is 4.41. The zero-order valence-corrected chi connectivity index (χ0v) is 22.1. The van der Waals surface area contributed by atoms with Crippen LogP contribution >= 0.6 is 0 Å². The summed E-state index contributed by atoms with van der Waals surface area (Å²) in [6.07, 6.45) is 2.66. The Balaban J connectivity index is 1.71. The first-order valence-electron chi connectivity index (χ1n) is 11.7. The maximum Gasteiger partial charge on any atom is 0.410 e. The first-order valence-corrected chi connectivity index (χ1v) is 13.1. The van der Waals surface area contributed by atoms with Gasteiger partial charge in [-0.2, -0.15) is 0 Å². The Morgan fingerprint density at radius 2 is 1.69 bits per heavy atom. The zero-order chi connectivity index (χ0) is 25.7. The van der Waals surface area contributed by atoms with Gasteiger partial charge in [-0.3, -0.25) is 0 Å². The van der Waals surface area contributed by atoms with Gasteiger partial charge in [0.25, 0.3) is 10.0 Å². The van der Waals surface area contributed by atoms with Crippen LogP contribution in [0.25, 0.3) is 11.0 Å². The molecule has 3 heterocycles. The third-order valence-electron chi connectivity index (χ3n) is 6.19. The molecule has 1 amide bonds. The zero-order valence-electron chi connectivity index (χ0n) is 21.3. The van der Waals surface area contributed by atoms with Gasteiger partial charge in [0.05, 0.1) is 10.3 Å². The number of rotatable bonds is 3. The highest BCUT2D eigenvalue weighted by atomic mass is 32.2. The van der Waals surface area contributed by atoms with Gasteiger partial charge in [-0.25, -0.2) is 27.2 Å². The predicted octanol–water partition coefficient (Wildman–Crippen LogP) is 4.12. The highest BCUT2D eigenvalue weighted by Gasteiger charge is 2.36. The number of anilines is 1. The standard InChI is InChI=1S/C25H33N5O4S/c1-16-8-10-20(11-9-16)35(32,33)30-12-17(2)21-22(26-15-27-23(21)30)28-13-19(4)29(14-18(28)3)24(31)34-25(5,6)7/h8-12,15,18-19H,13-14H2,1-7H3/t18?,19-/m0/s1. The van der Waals surface area contributed by atoms with E-state index in [9.17, 15) is 13.2 Å². The molecule has 1 fully saturated rings. The van der Waals surface area contributed by atoms with Gasteiger partial charge in [0.15, 0.2) is 5.65 Å². The molecule has 10 heteroatoms. The van der Waals surface area contributed by atoms with Gasteiger partial charge in [0.1, 0.15) is 17.7 Å². The fourth-order valence-corrected chi connectivity index (χ4v) is 5.78. The van der Waals surface area contributed by atoms with Crippen LogP contribution in [0.3, 0.4) is 0 Å². The number of hydrogen-bond acceptors (Lipinski definition) is 7. The van der Waals surface area contributed by atoms with Crippen LogP contribution in [0, 0.1) is 13.8 Å². The van der Waals surface area contributed by atoms with Crippen molar-refractivity contribution in [1.29, 1.82) is 0 Å². The Hall–Kier alpha value is -3.14. The van der Waals surface area contributed by atoms with Crippen LogP contribution in [0.1, 0.15) is 45.7 Å². The van der Waals surface area contributed by atoms with E-state index in [-0.39, 0.29) is 23.1 Å². The summed E-state index contributed by atoms with van der Waals surface area (Å²) in [5.74, 6) is 0.661. The van der Waals surface area contributed by atoms with Crippen molar-refractivity contribution in [3.05, 3.63) is 47.9 Å². The monoisotopic (exact) mass is 499 g/mol. The van der Waals surface area contributed by atoms with E-state index in [2.05, 4.69) is 14.9 Å². The van der Waals surface area contributed by atoms with Crippen molar-refractivity contribution in [2.75, 3.05) is 18.0 Å². The highest BCUT2D eigenvalue weighted by molar-refractivity contribution is 7.90. The Kier molecular flexibility index (Phi) is 6.29. The molecule has 1 unspecified atom stereocenters. The van der Waals surface area contributed by atoms with Gasteiger partial charge in [-0.1, -0.05) is 17.7 Å². The lowest BCUT2D eigenvalue weighted by Crippen LogP contribution is -2.59. The minimum atomic E-state index is -3.83. The highest BCUT2D eigenvalue weighted by Crippen LogP contribution is 2.33. The predicted molar refractivity (Wildman–Crippen MR) is 135 cm³/mol. The Morgan fingerprint density at radius 1 is 1.03 bits per heavy atom. The van der Waals surface area contributed by atoms with Crippen molar-refractivity contribution in [3.63, 3.8) is 0 Å². The molecule has 3 aromatic rings. The van der Waals surface area contributed by atoms with Crippen LogP contribution in [0.5, 0.6) is 0 Å². The van der Waals surface area contributed by atoms with Crippen molar-refractivity contribution in [1.82, 2.24) is 18.8 Å². The van der Waals surface area contributed by atoms with Crippen molar-refractivity contribution in [3.8, 4) is 0 Å². The van der Waals surface area contributed by atoms with E-state index in [1.54, 1.807) is 35.4 Å². The number of nitrogens with zero attached hydrogens (tertiary/aromatic N) is 5. The second-order valence-electron chi connectivity index (χ2n) is 10.3. The van der Waals surface area contributed by atoms with Crippen molar-refractivity contribution in [2.24, 2.45) is 0 Å². The van der Waals surface area contributed by atoms with E-state index in [0.717, 1.165) is 11.1 Å². The summed E-state index contributed by atoms with van der Waals surface area (Å²) in [4.78, 5) is 25.7. The average Bonchev–Trinajstić information content (AvgIpc) is 3.12. The summed E-state index contributed by atoms with van der Waals surface area (Å²) < 4.78 is 33.7. The number of aryl methyl sites for hydroxylation is 2. The maximum atomic E-state index is 13.4. The molecular weight excluding hydrogens is 466 g/mol. The molecule has 2 atom stereocenters. The molecule has 1 aromatic carbocycles. The van der Waals surface area contributed by atoms with E-state index in [4.69, 9.17) is 4.74 Å². The quantitative estimate of drug-likeness (QED) is 0.535. The summed E-state index contributed by atoms with van der Waals surface area (Å²) >= 11 is 0. The number of amides is 1. The molecule has 1 aliphatic heterocycles. The molecule has 0 aliphatic carbocycles. The maximum absolute atomic E-state index is 13.4. The second kappa shape index (κ2) is 8.82. The lowest BCUT2D eigenvalue weighted by Gasteiger charge is -2.44. The van der Waals surface area contributed by atoms with E-state index in [0.29, 0.717) is 29.9 Å². The molecule has 0 N–H and O–H groups in total. The number of carbonyl (C=O) groups excluding carboxylic acids is 1. The van der Waals surface area contributed by atoms with Gasteiger partial charge >= 0.3 is 6.09 Å². The Morgan fingerprint density at radius 3 is 2.31 bits per heavy atom. The molecule has 1 aliphatic rings. The average molecular weight is 500 g/mol. The molecule has 1 saturated heterocycles. The molecule has 0 radical (unpaired) electrons. The van der Waals surface area contributed by atoms with Gasteiger partial charge in [0, 0.05) is 31.4 Å². The number of fused-ring (bicyclic) bond motifs is 1. The molecular formula is C25H33N5O4S. The SMILES string of the molecule is Cc1ccc(S(=O)(=O)n2cc(C)c3c(N4C[C@H](C)N(C(=O)OC(C)(C)C)CC4C)ncnc32)cc1. The molecule has 0 saturated carbocycles. The van der Waals surface area contributed by atoms with Crippen LogP contribution in [0.15, 0.2) is 41.7 Å². The summed E-state index contributed by atoms with van der Waals surface area (Å²) in [6.45, 7) is 14.3. The fraction of sp³-hybridized carbons (Fsp3) is 0.480. The van der Waals surface area contributed by atoms with E-state index >= 15 is 0 Å². The first-order chi connectivity index (χ1) is 16.3. The van der Waals surface area contributed by atoms with E-state index in [1.807, 2.05) is 48.5 Å². The number of benzene rings is 1. The number of aromatic nitrogens is 3. The number of piperazine rings is 1. The number of hydrogen-bond donors (Lipinski definition) is 0. The smallest absolute Gasteiger partial charge is 0.410 e. The van der Waals surface area contributed by atoms with Gasteiger partial charge in [-0.05, 0) is 66.2 Å². The molecule has 188 valence electrons. The normalized spacial score (nSPS) is 19.3. The summed E-state index contributed by atoms with van der Waals surface area (Å²) in [5.41, 5.74) is 1.51. The first kappa shape index (κ1) is 25.0. The summed E-state index contributed by atoms with van der Waals surface area (Å²) in [6, 6.07) is 6.58. The Bertz CT molecular complexity index is 1360. The molecule has 0 spiro atoms. The van der Waals surface area contributed by atoms with Gasteiger partial charge in [-0.15, -0.1) is 0 Å². The lowest BCUT2D eigenvalue weighted by atomic mass is 10.1. The van der Waals surface area contributed by atoms with Gasteiger partial charge in [0.2, 0.25) is 0 Å². The lowest BCUT2D eigenvalue weighted by molar-refractivity contribution is 0.0130. The topological polar surface area (TPSA) is 97.6 Å². The van der Waals surface area contributed by atoms with E-state index < -0.39 is 15.6 Å². The summed E-state index contributed by atoms with van der Waals surface area (Å²) in [7, 11) is -3.83. The second-order valence-corrected chi connectivity index (χ2v) is 12.1. The molecule has 4 rings (SSSR count). The van der Waals surface area contributed by atoms with Crippen LogP contribution < -0.4 is 4.90 Å². The molecule has 0 bridgehead atoms. The van der Waals surface area contributed by atoms with E-state index in [1.165, 1.54) is 10.3 Å². The largest absolute Gasteiger partial charge is 0.444 e. The third kappa shape index (κ3) is 4.71. The molecule has 9 nitrogen and oxygen atoms in total. The Labute approximate surface area is 206 Å².